The molecule has 1 fully saturated rings. The lowest BCUT2D eigenvalue weighted by Gasteiger charge is -2.34. The molecule has 6 heteroatoms. The Hall–Kier alpha value is -0.910. The van der Waals surface area contributed by atoms with Crippen LogP contribution in [0.4, 0.5) is 8.78 Å². The molecule has 0 spiro atoms. The fraction of sp³-hybridized carbons (Fsp3) is 0.500. The summed E-state index contributed by atoms with van der Waals surface area (Å²) in [5.41, 5.74) is 0.440. The van der Waals surface area contributed by atoms with Crippen molar-refractivity contribution < 1.29 is 13.9 Å². The summed E-state index contributed by atoms with van der Waals surface area (Å²) in [6, 6.07) is 3.30. The van der Waals surface area contributed by atoms with Gasteiger partial charge in [-0.1, -0.05) is 17.7 Å². The first-order chi connectivity index (χ1) is 8.59. The summed E-state index contributed by atoms with van der Waals surface area (Å²) in [6.07, 6.45) is -2.48. The lowest BCUT2D eigenvalue weighted by Crippen LogP contribution is -2.46. The highest BCUT2D eigenvalue weighted by molar-refractivity contribution is 6.32. The molecule has 0 saturated carbocycles. The number of hydrogen-bond acceptors (Lipinski definition) is 3. The molecule has 1 heterocycles. The van der Waals surface area contributed by atoms with Crippen LogP contribution in [0.15, 0.2) is 18.2 Å². The Labute approximate surface area is 109 Å². The summed E-state index contributed by atoms with van der Waals surface area (Å²) >= 11 is 5.78. The van der Waals surface area contributed by atoms with E-state index in [1.54, 1.807) is 4.90 Å². The standard InChI is InChI=1S/C12H15ClF2N2O/c13-9-7-8(1-2-10(9)18)11(12(14)15)17-5-3-16-4-6-17/h1-2,7,11-12,16,18H,3-6H2/t11-/m1/s1. The normalized spacial score (nSPS) is 19.1. The summed E-state index contributed by atoms with van der Waals surface area (Å²) in [6.45, 7) is 2.56. The molecule has 18 heavy (non-hydrogen) atoms. The molecule has 1 aliphatic rings. The van der Waals surface area contributed by atoms with Gasteiger partial charge in [-0.2, -0.15) is 0 Å². The maximum atomic E-state index is 13.2. The van der Waals surface area contributed by atoms with E-state index in [0.717, 1.165) is 0 Å². The van der Waals surface area contributed by atoms with Gasteiger partial charge in [-0.3, -0.25) is 4.90 Å². The van der Waals surface area contributed by atoms with E-state index in [0.29, 0.717) is 31.7 Å². The first-order valence-corrected chi connectivity index (χ1v) is 6.18. The molecule has 1 saturated heterocycles. The zero-order valence-corrected chi connectivity index (χ0v) is 10.5. The molecule has 0 unspecified atom stereocenters. The van der Waals surface area contributed by atoms with Crippen molar-refractivity contribution in [1.82, 2.24) is 10.2 Å². The van der Waals surface area contributed by atoms with E-state index in [2.05, 4.69) is 5.32 Å². The summed E-state index contributed by atoms with van der Waals surface area (Å²) < 4.78 is 26.5. The Morgan fingerprint density at radius 2 is 1.94 bits per heavy atom. The summed E-state index contributed by atoms with van der Waals surface area (Å²) in [4.78, 5) is 1.74. The van der Waals surface area contributed by atoms with Crippen molar-refractivity contribution >= 4 is 11.6 Å². The van der Waals surface area contributed by atoms with Crippen molar-refractivity contribution in [2.45, 2.75) is 12.5 Å². The van der Waals surface area contributed by atoms with E-state index < -0.39 is 12.5 Å². The average molecular weight is 277 g/mol. The van der Waals surface area contributed by atoms with Crippen LogP contribution in [0.25, 0.3) is 0 Å². The van der Waals surface area contributed by atoms with Crippen LogP contribution < -0.4 is 5.32 Å². The highest BCUT2D eigenvalue weighted by Gasteiger charge is 2.30. The fourth-order valence-corrected chi connectivity index (χ4v) is 2.37. The molecule has 0 bridgehead atoms. The van der Waals surface area contributed by atoms with Crippen LogP contribution >= 0.6 is 11.6 Å². The third-order valence-corrected chi connectivity index (χ3v) is 3.40. The van der Waals surface area contributed by atoms with E-state index in [1.807, 2.05) is 0 Å². The van der Waals surface area contributed by atoms with Crippen molar-refractivity contribution in [2.24, 2.45) is 0 Å². The van der Waals surface area contributed by atoms with Crippen molar-refractivity contribution in [2.75, 3.05) is 26.2 Å². The lowest BCUT2D eigenvalue weighted by atomic mass is 10.0. The van der Waals surface area contributed by atoms with Gasteiger partial charge in [-0.15, -0.1) is 0 Å². The molecule has 0 aromatic heterocycles. The van der Waals surface area contributed by atoms with E-state index in [-0.39, 0.29) is 10.8 Å². The number of phenolic OH excluding ortho intramolecular Hbond substituents is 1. The minimum absolute atomic E-state index is 0.0891. The molecule has 0 radical (unpaired) electrons. The summed E-state index contributed by atoms with van der Waals surface area (Å²) in [7, 11) is 0. The third-order valence-electron chi connectivity index (χ3n) is 3.10. The molecule has 100 valence electrons. The second kappa shape index (κ2) is 5.82. The number of rotatable bonds is 3. The highest BCUT2D eigenvalue weighted by Crippen LogP contribution is 2.32. The summed E-state index contributed by atoms with van der Waals surface area (Å²) in [5.74, 6) is -0.0891. The average Bonchev–Trinajstić information content (AvgIpc) is 2.35. The first-order valence-electron chi connectivity index (χ1n) is 5.81. The van der Waals surface area contributed by atoms with Crippen molar-refractivity contribution in [3.05, 3.63) is 28.8 Å². The Balaban J connectivity index is 2.25. The molecular formula is C12H15ClF2N2O. The predicted molar refractivity (Wildman–Crippen MR) is 66.3 cm³/mol. The number of phenols is 1. The number of piperazine rings is 1. The number of halogens is 3. The molecular weight excluding hydrogens is 262 g/mol. The van der Waals surface area contributed by atoms with E-state index in [1.165, 1.54) is 18.2 Å². The van der Waals surface area contributed by atoms with Crippen molar-refractivity contribution in [3.8, 4) is 5.75 Å². The Morgan fingerprint density at radius 3 is 2.50 bits per heavy atom. The van der Waals surface area contributed by atoms with Gasteiger partial charge in [0.15, 0.2) is 0 Å². The maximum Gasteiger partial charge on any atom is 0.258 e. The number of aromatic hydroxyl groups is 1. The Bertz CT molecular complexity index is 411. The molecule has 2 rings (SSSR count). The van der Waals surface area contributed by atoms with Gasteiger partial charge >= 0.3 is 0 Å². The van der Waals surface area contributed by atoms with E-state index in [9.17, 15) is 13.9 Å². The number of nitrogens with one attached hydrogen (secondary N) is 1. The topological polar surface area (TPSA) is 35.5 Å². The van der Waals surface area contributed by atoms with Gasteiger partial charge in [0.25, 0.3) is 6.43 Å². The molecule has 1 aromatic rings. The SMILES string of the molecule is Oc1ccc([C@H](C(F)F)N2CCNCC2)cc1Cl. The highest BCUT2D eigenvalue weighted by atomic mass is 35.5. The van der Waals surface area contributed by atoms with Gasteiger partial charge in [0.1, 0.15) is 5.75 Å². The van der Waals surface area contributed by atoms with Crippen molar-refractivity contribution in [1.29, 1.82) is 0 Å². The minimum atomic E-state index is -2.48. The number of hydrogen-bond donors (Lipinski definition) is 2. The van der Waals surface area contributed by atoms with E-state index in [4.69, 9.17) is 11.6 Å². The molecule has 0 aliphatic carbocycles. The number of nitrogens with zero attached hydrogens (tertiary/aromatic N) is 1. The predicted octanol–water partition coefficient (Wildman–Crippen LogP) is 2.26. The van der Waals surface area contributed by atoms with Gasteiger partial charge < -0.3 is 10.4 Å². The van der Waals surface area contributed by atoms with E-state index >= 15 is 0 Å². The third kappa shape index (κ3) is 2.91. The van der Waals surface area contributed by atoms with Gasteiger partial charge in [0.05, 0.1) is 11.1 Å². The molecule has 2 N–H and O–H groups in total. The van der Waals surface area contributed by atoms with Gasteiger partial charge in [0.2, 0.25) is 0 Å². The monoisotopic (exact) mass is 276 g/mol. The minimum Gasteiger partial charge on any atom is -0.506 e. The molecule has 1 atom stereocenters. The van der Waals surface area contributed by atoms with Crippen LogP contribution in [-0.2, 0) is 0 Å². The fourth-order valence-electron chi connectivity index (χ4n) is 2.18. The van der Waals surface area contributed by atoms with Crippen LogP contribution in [-0.4, -0.2) is 42.6 Å². The molecule has 1 aromatic carbocycles. The molecule has 1 aliphatic heterocycles. The largest absolute Gasteiger partial charge is 0.506 e. The first kappa shape index (κ1) is 13.5. The van der Waals surface area contributed by atoms with Crippen LogP contribution in [0.1, 0.15) is 11.6 Å². The smallest absolute Gasteiger partial charge is 0.258 e. The Morgan fingerprint density at radius 1 is 1.28 bits per heavy atom. The van der Waals surface area contributed by atoms with Crippen LogP contribution in [0.5, 0.6) is 5.75 Å². The van der Waals surface area contributed by atoms with Gasteiger partial charge in [-0.05, 0) is 17.7 Å². The van der Waals surface area contributed by atoms with Gasteiger partial charge in [-0.25, -0.2) is 8.78 Å². The second-order valence-electron chi connectivity index (χ2n) is 4.28. The lowest BCUT2D eigenvalue weighted by molar-refractivity contribution is 0.0181. The zero-order chi connectivity index (χ0) is 13.1. The number of alkyl halides is 2. The second-order valence-corrected chi connectivity index (χ2v) is 4.68. The van der Waals surface area contributed by atoms with Crippen LogP contribution in [0.2, 0.25) is 5.02 Å². The molecule has 0 amide bonds. The van der Waals surface area contributed by atoms with Gasteiger partial charge in [0, 0.05) is 26.2 Å². The maximum absolute atomic E-state index is 13.2. The van der Waals surface area contributed by atoms with Crippen LogP contribution in [0, 0.1) is 0 Å². The molecule has 3 nitrogen and oxygen atoms in total. The Kier molecular flexibility index (Phi) is 4.37. The quantitative estimate of drug-likeness (QED) is 0.889. The summed E-state index contributed by atoms with van der Waals surface area (Å²) in [5, 5.41) is 12.6. The van der Waals surface area contributed by atoms with Crippen molar-refractivity contribution in [3.63, 3.8) is 0 Å². The zero-order valence-electron chi connectivity index (χ0n) is 9.74. The number of benzene rings is 1. The van der Waals surface area contributed by atoms with Crippen LogP contribution in [0.3, 0.4) is 0 Å².